The third-order valence-electron chi connectivity index (χ3n) is 5.39. The summed E-state index contributed by atoms with van der Waals surface area (Å²) in [5, 5.41) is 4.21. The van der Waals surface area contributed by atoms with Gasteiger partial charge in [-0.2, -0.15) is 0 Å². The van der Waals surface area contributed by atoms with Gasteiger partial charge in [-0.15, -0.1) is 0 Å². The van der Waals surface area contributed by atoms with Crippen LogP contribution in [-0.4, -0.2) is 24.5 Å². The minimum atomic E-state index is -0.500. The Kier molecular flexibility index (Phi) is 4.85. The van der Waals surface area contributed by atoms with Crippen LogP contribution in [0, 0.1) is 11.6 Å². The Balaban J connectivity index is 1.72. The van der Waals surface area contributed by atoms with Crippen LogP contribution in [0.2, 0.25) is 0 Å². The number of rotatable bonds is 5. The van der Waals surface area contributed by atoms with E-state index >= 15 is 0 Å². The number of pyridine rings is 1. The van der Waals surface area contributed by atoms with E-state index in [9.17, 15) is 13.6 Å². The number of anilines is 1. The van der Waals surface area contributed by atoms with Gasteiger partial charge in [0.1, 0.15) is 23.5 Å². The second-order valence-corrected chi connectivity index (χ2v) is 7.34. The molecule has 2 N–H and O–H groups in total. The molecule has 0 aliphatic heterocycles. The number of imidazole rings is 1. The maximum Gasteiger partial charge on any atom is 0.263 e. The summed E-state index contributed by atoms with van der Waals surface area (Å²) in [6.07, 6.45) is 3.56. The number of hydrogen-bond donors (Lipinski definition) is 2. The van der Waals surface area contributed by atoms with Gasteiger partial charge < -0.3 is 10.3 Å². The van der Waals surface area contributed by atoms with E-state index in [1.165, 1.54) is 53.6 Å². The van der Waals surface area contributed by atoms with Gasteiger partial charge in [-0.25, -0.2) is 23.7 Å². The summed E-state index contributed by atoms with van der Waals surface area (Å²) >= 11 is 0. The van der Waals surface area contributed by atoms with Crippen molar-refractivity contribution >= 4 is 27.8 Å². The summed E-state index contributed by atoms with van der Waals surface area (Å²) in [6.45, 7) is 1.97. The molecule has 0 aliphatic carbocycles. The molecule has 2 aromatic carbocycles. The van der Waals surface area contributed by atoms with E-state index in [4.69, 9.17) is 0 Å². The first-order valence-electron chi connectivity index (χ1n) is 10.1. The second-order valence-electron chi connectivity index (χ2n) is 7.34. The monoisotopic (exact) mass is 432 g/mol. The lowest BCUT2D eigenvalue weighted by Gasteiger charge is -2.23. The molecule has 0 amide bonds. The molecule has 32 heavy (non-hydrogen) atoms. The Morgan fingerprint density at radius 2 is 1.81 bits per heavy atom. The summed E-state index contributed by atoms with van der Waals surface area (Å²) in [5.74, 6) is -0.400. The molecule has 0 radical (unpaired) electrons. The molecule has 3 aromatic heterocycles. The van der Waals surface area contributed by atoms with Gasteiger partial charge in [0.15, 0.2) is 11.5 Å². The highest BCUT2D eigenvalue weighted by Gasteiger charge is 2.20. The molecule has 0 spiro atoms. The Bertz CT molecular complexity index is 1490. The van der Waals surface area contributed by atoms with Crippen molar-refractivity contribution in [3.63, 3.8) is 0 Å². The van der Waals surface area contributed by atoms with Gasteiger partial charge in [0.25, 0.3) is 5.56 Å². The lowest BCUT2D eigenvalue weighted by Crippen LogP contribution is -2.26. The van der Waals surface area contributed by atoms with Crippen LogP contribution in [-0.2, 0) is 0 Å². The average molecular weight is 432 g/mol. The molecule has 0 saturated carbocycles. The van der Waals surface area contributed by atoms with E-state index < -0.39 is 17.2 Å². The molecule has 5 aromatic rings. The molecule has 7 nitrogen and oxygen atoms in total. The first-order valence-corrected chi connectivity index (χ1v) is 10.1. The normalized spacial score (nSPS) is 12.3. The first-order chi connectivity index (χ1) is 15.5. The molecule has 0 bridgehead atoms. The van der Waals surface area contributed by atoms with Gasteiger partial charge >= 0.3 is 0 Å². The van der Waals surface area contributed by atoms with E-state index in [-0.39, 0.29) is 11.4 Å². The molecule has 5 rings (SSSR count). The minimum Gasteiger partial charge on any atom is -0.360 e. The topological polar surface area (TPSA) is 88.5 Å². The van der Waals surface area contributed by atoms with Gasteiger partial charge in [-0.3, -0.25) is 9.36 Å². The van der Waals surface area contributed by atoms with Crippen molar-refractivity contribution in [3.8, 4) is 5.69 Å². The Labute approximate surface area is 180 Å². The second kappa shape index (κ2) is 7.84. The van der Waals surface area contributed by atoms with Crippen LogP contribution in [0.25, 0.3) is 27.6 Å². The molecule has 0 saturated heterocycles. The molecule has 1 atom stereocenters. The molecular weight excluding hydrogens is 414 g/mol. The Hall–Kier alpha value is -4.14. The third-order valence-corrected chi connectivity index (χ3v) is 5.39. The molecule has 0 fully saturated rings. The van der Waals surface area contributed by atoms with Crippen molar-refractivity contribution in [2.75, 3.05) is 5.32 Å². The summed E-state index contributed by atoms with van der Waals surface area (Å²) in [7, 11) is 0. The van der Waals surface area contributed by atoms with Crippen molar-refractivity contribution in [1.29, 1.82) is 0 Å². The highest BCUT2D eigenvalue weighted by Crippen LogP contribution is 2.28. The highest BCUT2D eigenvalue weighted by atomic mass is 19.1. The fourth-order valence-corrected chi connectivity index (χ4v) is 3.83. The van der Waals surface area contributed by atoms with Gasteiger partial charge in [0.2, 0.25) is 0 Å². The summed E-state index contributed by atoms with van der Waals surface area (Å²) < 4.78 is 28.9. The fourth-order valence-electron chi connectivity index (χ4n) is 3.83. The summed E-state index contributed by atoms with van der Waals surface area (Å²) in [4.78, 5) is 29.1. The number of aromatic amines is 1. The summed E-state index contributed by atoms with van der Waals surface area (Å²) in [6, 6.07) is 11.2. The van der Waals surface area contributed by atoms with E-state index in [0.29, 0.717) is 40.2 Å². The molecule has 3 heterocycles. The zero-order chi connectivity index (χ0) is 22.2. The number of nitrogens with one attached hydrogen (secondary N) is 2. The van der Waals surface area contributed by atoms with Gasteiger partial charge in [0.05, 0.1) is 17.8 Å². The SMILES string of the molecule is CC[C@H](Nc1ncnc2[nH]cnc12)c1cc2ccc(F)cc2c(=O)n1-c1ccc(F)cc1. The molecular formula is C23H18F2N6O. The smallest absolute Gasteiger partial charge is 0.263 e. The quantitative estimate of drug-likeness (QED) is 0.427. The van der Waals surface area contributed by atoms with Crippen LogP contribution < -0.4 is 10.9 Å². The average Bonchev–Trinajstić information content (AvgIpc) is 3.28. The van der Waals surface area contributed by atoms with Crippen LogP contribution in [0.1, 0.15) is 25.1 Å². The predicted octanol–water partition coefficient (Wildman–Crippen LogP) is 4.50. The summed E-state index contributed by atoms with van der Waals surface area (Å²) in [5.41, 5.74) is 1.87. The molecule has 9 heteroatoms. The molecule has 0 unspecified atom stereocenters. The molecule has 160 valence electrons. The van der Waals surface area contributed by atoms with Crippen molar-refractivity contribution in [1.82, 2.24) is 24.5 Å². The van der Waals surface area contributed by atoms with Crippen LogP contribution in [0.4, 0.5) is 14.6 Å². The van der Waals surface area contributed by atoms with E-state index in [2.05, 4.69) is 25.3 Å². The number of aromatic nitrogens is 5. The van der Waals surface area contributed by atoms with Crippen molar-refractivity contribution in [2.45, 2.75) is 19.4 Å². The number of hydrogen-bond acceptors (Lipinski definition) is 5. The van der Waals surface area contributed by atoms with Crippen LogP contribution in [0.3, 0.4) is 0 Å². The number of H-pyrrole nitrogens is 1. The minimum absolute atomic E-state index is 0.240. The van der Waals surface area contributed by atoms with Crippen molar-refractivity contribution in [2.24, 2.45) is 0 Å². The van der Waals surface area contributed by atoms with Gasteiger partial charge in [0, 0.05) is 11.4 Å². The highest BCUT2D eigenvalue weighted by molar-refractivity contribution is 5.84. The number of benzene rings is 2. The zero-order valence-corrected chi connectivity index (χ0v) is 17.0. The van der Waals surface area contributed by atoms with Gasteiger partial charge in [-0.05, 0) is 54.3 Å². The predicted molar refractivity (Wildman–Crippen MR) is 118 cm³/mol. The van der Waals surface area contributed by atoms with Crippen molar-refractivity contribution in [3.05, 3.63) is 88.9 Å². The number of nitrogens with zero attached hydrogens (tertiary/aromatic N) is 4. The third kappa shape index (κ3) is 3.37. The van der Waals surface area contributed by atoms with Crippen LogP contribution in [0.15, 0.2) is 66.0 Å². The van der Waals surface area contributed by atoms with E-state index in [1.54, 1.807) is 6.07 Å². The van der Waals surface area contributed by atoms with Crippen LogP contribution in [0.5, 0.6) is 0 Å². The molecule has 0 aliphatic rings. The number of fused-ring (bicyclic) bond motifs is 2. The lowest BCUT2D eigenvalue weighted by molar-refractivity contribution is 0.626. The Morgan fingerprint density at radius 1 is 1.03 bits per heavy atom. The van der Waals surface area contributed by atoms with Crippen molar-refractivity contribution < 1.29 is 8.78 Å². The number of halogens is 2. The standard InChI is InChI=1S/C23H18F2N6O/c1-2-18(30-22-20-21(27-11-26-20)28-12-29-22)19-9-13-3-4-15(25)10-17(13)23(32)31(19)16-7-5-14(24)6-8-16/h3-12,18H,2H2,1H3,(H2,26,27,28,29,30)/t18-/m0/s1. The van der Waals surface area contributed by atoms with E-state index in [1.807, 2.05) is 13.0 Å². The largest absolute Gasteiger partial charge is 0.360 e. The maximum absolute atomic E-state index is 13.9. The Morgan fingerprint density at radius 3 is 2.59 bits per heavy atom. The first kappa shape index (κ1) is 19.8. The zero-order valence-electron chi connectivity index (χ0n) is 17.0. The van der Waals surface area contributed by atoms with Crippen LogP contribution >= 0.6 is 0 Å². The van der Waals surface area contributed by atoms with E-state index in [0.717, 1.165) is 0 Å². The lowest BCUT2D eigenvalue weighted by atomic mass is 10.0. The van der Waals surface area contributed by atoms with Gasteiger partial charge in [-0.1, -0.05) is 13.0 Å². The fraction of sp³-hybridized carbons (Fsp3) is 0.130. The maximum atomic E-state index is 13.9.